The Morgan fingerprint density at radius 2 is 2.12 bits per heavy atom. The molecule has 0 aliphatic rings. The molecule has 0 radical (unpaired) electrons. The monoisotopic (exact) mass is 363 g/mol. The lowest BCUT2D eigenvalue weighted by Gasteiger charge is -2.27. The SMILES string of the molecule is CN=C(NCCCN(Cc1cccnc1)C(=O)OC(C)(C)C)NC(C)C. The van der Waals surface area contributed by atoms with Gasteiger partial charge < -0.3 is 20.3 Å². The minimum atomic E-state index is -0.522. The molecule has 0 atom stereocenters. The average molecular weight is 364 g/mol. The third kappa shape index (κ3) is 9.25. The van der Waals surface area contributed by atoms with Crippen LogP contribution in [0.15, 0.2) is 29.5 Å². The molecule has 1 amide bonds. The van der Waals surface area contributed by atoms with Crippen molar-refractivity contribution < 1.29 is 9.53 Å². The number of ether oxygens (including phenoxy) is 1. The zero-order valence-corrected chi connectivity index (χ0v) is 16.9. The van der Waals surface area contributed by atoms with Crippen LogP contribution in [-0.2, 0) is 11.3 Å². The van der Waals surface area contributed by atoms with Gasteiger partial charge in [-0.15, -0.1) is 0 Å². The molecule has 1 aromatic heterocycles. The van der Waals surface area contributed by atoms with E-state index < -0.39 is 5.60 Å². The van der Waals surface area contributed by atoms with Gasteiger partial charge in [-0.2, -0.15) is 0 Å². The van der Waals surface area contributed by atoms with Gasteiger partial charge in [0.05, 0.1) is 6.54 Å². The van der Waals surface area contributed by atoms with E-state index >= 15 is 0 Å². The minimum absolute atomic E-state index is 0.310. The Hall–Kier alpha value is -2.31. The van der Waals surface area contributed by atoms with E-state index in [-0.39, 0.29) is 6.09 Å². The van der Waals surface area contributed by atoms with Crippen LogP contribution in [-0.4, -0.2) is 53.7 Å². The van der Waals surface area contributed by atoms with E-state index in [0.29, 0.717) is 25.7 Å². The fraction of sp³-hybridized carbons (Fsp3) is 0.632. The zero-order valence-electron chi connectivity index (χ0n) is 16.9. The van der Waals surface area contributed by atoms with Crippen molar-refractivity contribution in [3.05, 3.63) is 30.1 Å². The van der Waals surface area contributed by atoms with Crippen molar-refractivity contribution in [2.45, 2.75) is 59.2 Å². The van der Waals surface area contributed by atoms with E-state index in [1.165, 1.54) is 0 Å². The maximum Gasteiger partial charge on any atom is 0.410 e. The molecule has 2 N–H and O–H groups in total. The van der Waals surface area contributed by atoms with Crippen molar-refractivity contribution in [2.24, 2.45) is 4.99 Å². The van der Waals surface area contributed by atoms with E-state index in [1.54, 1.807) is 24.3 Å². The highest BCUT2D eigenvalue weighted by molar-refractivity contribution is 5.79. The fourth-order valence-corrected chi connectivity index (χ4v) is 2.22. The average Bonchev–Trinajstić information content (AvgIpc) is 2.55. The van der Waals surface area contributed by atoms with E-state index in [9.17, 15) is 4.79 Å². The number of carbonyl (C=O) groups is 1. The number of nitrogens with zero attached hydrogens (tertiary/aromatic N) is 3. The number of rotatable bonds is 7. The molecular formula is C19H33N5O2. The summed E-state index contributed by atoms with van der Waals surface area (Å²) in [4.78, 5) is 22.5. The Labute approximate surface area is 157 Å². The maximum absolute atomic E-state index is 12.5. The Kier molecular flexibility index (Phi) is 8.88. The lowest BCUT2D eigenvalue weighted by atomic mass is 10.2. The highest BCUT2D eigenvalue weighted by atomic mass is 16.6. The first-order chi connectivity index (χ1) is 12.2. The van der Waals surface area contributed by atoms with E-state index in [1.807, 2.05) is 32.9 Å². The molecule has 146 valence electrons. The number of hydrogen-bond acceptors (Lipinski definition) is 4. The van der Waals surface area contributed by atoms with Gasteiger partial charge in [-0.3, -0.25) is 9.98 Å². The molecule has 7 heteroatoms. The van der Waals surface area contributed by atoms with Gasteiger partial charge in [0.15, 0.2) is 5.96 Å². The maximum atomic E-state index is 12.5. The molecule has 0 saturated carbocycles. The predicted octanol–water partition coefficient (Wildman–Crippen LogP) is 2.78. The summed E-state index contributed by atoms with van der Waals surface area (Å²) in [7, 11) is 1.74. The largest absolute Gasteiger partial charge is 0.444 e. The molecule has 0 aliphatic heterocycles. The molecule has 0 spiro atoms. The summed E-state index contributed by atoms with van der Waals surface area (Å²) in [5.41, 5.74) is 0.453. The number of guanidine groups is 1. The summed E-state index contributed by atoms with van der Waals surface area (Å²) in [5.74, 6) is 0.760. The first kappa shape index (κ1) is 21.7. The van der Waals surface area contributed by atoms with Crippen LogP contribution in [0.1, 0.15) is 46.6 Å². The van der Waals surface area contributed by atoms with E-state index in [2.05, 4.69) is 34.5 Å². The van der Waals surface area contributed by atoms with Crippen molar-refractivity contribution >= 4 is 12.1 Å². The van der Waals surface area contributed by atoms with Crippen LogP contribution < -0.4 is 10.6 Å². The third-order valence-electron chi connectivity index (χ3n) is 3.29. The van der Waals surface area contributed by atoms with Gasteiger partial charge in [0.1, 0.15) is 5.60 Å². The van der Waals surface area contributed by atoms with Crippen molar-refractivity contribution in [3.63, 3.8) is 0 Å². The van der Waals surface area contributed by atoms with Gasteiger partial charge in [-0.05, 0) is 52.7 Å². The third-order valence-corrected chi connectivity index (χ3v) is 3.29. The van der Waals surface area contributed by atoms with Crippen LogP contribution >= 0.6 is 0 Å². The van der Waals surface area contributed by atoms with Gasteiger partial charge in [-0.1, -0.05) is 6.07 Å². The normalized spacial score (nSPS) is 12.0. The number of hydrogen-bond donors (Lipinski definition) is 2. The first-order valence-corrected chi connectivity index (χ1v) is 9.05. The standard InChI is InChI=1S/C19H33N5O2/c1-15(2)23-17(20-6)22-11-8-12-24(18(25)26-19(3,4)5)14-16-9-7-10-21-13-16/h7,9-10,13,15H,8,11-12,14H2,1-6H3,(H2,20,22,23). The number of pyridine rings is 1. The number of carbonyl (C=O) groups excluding carboxylic acids is 1. The number of nitrogens with one attached hydrogen (secondary N) is 2. The van der Waals surface area contributed by atoms with Crippen LogP contribution in [0.4, 0.5) is 4.79 Å². The van der Waals surface area contributed by atoms with Crippen molar-refractivity contribution in [3.8, 4) is 0 Å². The van der Waals surface area contributed by atoms with Gasteiger partial charge in [0, 0.05) is 38.6 Å². The van der Waals surface area contributed by atoms with Crippen LogP contribution in [0.2, 0.25) is 0 Å². The quantitative estimate of drug-likeness (QED) is 0.442. The van der Waals surface area contributed by atoms with Crippen molar-refractivity contribution in [2.75, 3.05) is 20.1 Å². The molecule has 7 nitrogen and oxygen atoms in total. The summed E-state index contributed by atoms with van der Waals surface area (Å²) in [6.45, 7) is 11.5. The number of aliphatic imine (C=N–C) groups is 1. The van der Waals surface area contributed by atoms with Gasteiger partial charge >= 0.3 is 6.09 Å². The Morgan fingerprint density at radius 1 is 1.38 bits per heavy atom. The molecule has 0 bridgehead atoms. The summed E-state index contributed by atoms with van der Waals surface area (Å²) in [5, 5.41) is 6.49. The molecule has 1 aromatic rings. The highest BCUT2D eigenvalue weighted by Crippen LogP contribution is 2.12. The van der Waals surface area contributed by atoms with Crippen molar-refractivity contribution in [1.29, 1.82) is 0 Å². The molecule has 1 heterocycles. The molecule has 0 unspecified atom stereocenters. The first-order valence-electron chi connectivity index (χ1n) is 9.05. The van der Waals surface area contributed by atoms with Crippen LogP contribution in [0.5, 0.6) is 0 Å². The molecule has 0 aromatic carbocycles. The Balaban J connectivity index is 2.60. The van der Waals surface area contributed by atoms with Gasteiger partial charge in [0.2, 0.25) is 0 Å². The fourth-order valence-electron chi connectivity index (χ4n) is 2.22. The highest BCUT2D eigenvalue weighted by Gasteiger charge is 2.22. The smallest absolute Gasteiger partial charge is 0.410 e. The molecular weight excluding hydrogens is 330 g/mol. The molecule has 0 fully saturated rings. The van der Waals surface area contributed by atoms with E-state index in [4.69, 9.17) is 4.74 Å². The van der Waals surface area contributed by atoms with Crippen molar-refractivity contribution in [1.82, 2.24) is 20.5 Å². The topological polar surface area (TPSA) is 78.9 Å². The Morgan fingerprint density at radius 3 is 2.65 bits per heavy atom. The van der Waals surface area contributed by atoms with Gasteiger partial charge in [-0.25, -0.2) is 4.79 Å². The molecule has 0 saturated heterocycles. The predicted molar refractivity (Wildman–Crippen MR) is 105 cm³/mol. The van der Waals surface area contributed by atoms with Gasteiger partial charge in [0.25, 0.3) is 0 Å². The minimum Gasteiger partial charge on any atom is -0.444 e. The lowest BCUT2D eigenvalue weighted by molar-refractivity contribution is 0.0232. The van der Waals surface area contributed by atoms with Crippen LogP contribution in [0.3, 0.4) is 0 Å². The lowest BCUT2D eigenvalue weighted by Crippen LogP contribution is -2.42. The number of aromatic nitrogens is 1. The summed E-state index contributed by atoms with van der Waals surface area (Å²) < 4.78 is 5.53. The molecule has 26 heavy (non-hydrogen) atoms. The summed E-state index contributed by atoms with van der Waals surface area (Å²) >= 11 is 0. The second kappa shape index (κ2) is 10.6. The summed E-state index contributed by atoms with van der Waals surface area (Å²) in [6, 6.07) is 4.13. The molecule has 0 aliphatic carbocycles. The van der Waals surface area contributed by atoms with Crippen LogP contribution in [0, 0.1) is 0 Å². The van der Waals surface area contributed by atoms with E-state index in [0.717, 1.165) is 17.9 Å². The Bertz CT molecular complexity index is 567. The summed E-state index contributed by atoms with van der Waals surface area (Å²) in [6.07, 6.45) is 3.95. The molecule has 1 rings (SSSR count). The zero-order chi connectivity index (χ0) is 19.6. The second-order valence-corrected chi connectivity index (χ2v) is 7.41. The second-order valence-electron chi connectivity index (χ2n) is 7.41. The number of amides is 1. The van der Waals surface area contributed by atoms with Crippen LogP contribution in [0.25, 0.3) is 0 Å².